The van der Waals surface area contributed by atoms with Crippen molar-refractivity contribution in [3.63, 3.8) is 0 Å². The molecule has 2 unspecified atom stereocenters. The van der Waals surface area contributed by atoms with Gasteiger partial charge in [-0.2, -0.15) is 0 Å². The van der Waals surface area contributed by atoms with Gasteiger partial charge in [0, 0.05) is 37.3 Å². The number of nitrogens with zero attached hydrogens (tertiary/aromatic N) is 2. The Morgan fingerprint density at radius 2 is 1.86 bits per heavy atom. The van der Waals surface area contributed by atoms with Crippen LogP contribution in [-0.2, 0) is 6.54 Å². The number of carbonyl (C=O) groups excluding carboxylic acids is 1. The molecule has 2 amide bonds. The molecule has 0 spiro atoms. The lowest BCUT2D eigenvalue weighted by Crippen LogP contribution is -2.50. The highest BCUT2D eigenvalue weighted by Gasteiger charge is 2.37. The maximum atomic E-state index is 12.7. The van der Waals surface area contributed by atoms with E-state index in [1.807, 2.05) is 6.07 Å². The van der Waals surface area contributed by atoms with Gasteiger partial charge in [0.1, 0.15) is 0 Å². The number of likely N-dealkylation sites (tertiary alicyclic amines) is 1. The highest BCUT2D eigenvalue weighted by Crippen LogP contribution is 2.36. The fraction of sp³-hybridized carbons (Fsp3) is 0.368. The van der Waals surface area contributed by atoms with E-state index in [9.17, 15) is 22.8 Å². The third kappa shape index (κ3) is 3.69. The summed E-state index contributed by atoms with van der Waals surface area (Å²) in [4.78, 5) is 26.4. The van der Waals surface area contributed by atoms with Crippen LogP contribution in [0.25, 0.3) is 0 Å². The topological polar surface area (TPSA) is 63.6 Å². The molecule has 3 heterocycles. The molecule has 2 aliphatic heterocycles. The normalized spacial score (nSPS) is 21.0. The van der Waals surface area contributed by atoms with E-state index in [-0.39, 0.29) is 23.1 Å². The average Bonchev–Trinajstić information content (AvgIpc) is 2.63. The van der Waals surface area contributed by atoms with Gasteiger partial charge in [0.25, 0.3) is 5.56 Å². The first-order valence-electron chi connectivity index (χ1n) is 8.90. The van der Waals surface area contributed by atoms with Crippen LogP contribution in [-0.4, -0.2) is 34.9 Å². The standard InChI is InChI=1S/C19H18F3N3O3/c20-19(21,22)28-16-6-2-1-4-14(16)23-18(27)24-9-12-8-13(11-24)15-5-3-7-17(26)25(15)10-12/h1-7,12-13H,8-11H2,(H,23,27). The van der Waals surface area contributed by atoms with E-state index < -0.39 is 18.1 Å². The summed E-state index contributed by atoms with van der Waals surface area (Å²) >= 11 is 0. The zero-order valence-electron chi connectivity index (χ0n) is 14.8. The molecule has 148 valence electrons. The number of rotatable bonds is 2. The Morgan fingerprint density at radius 3 is 2.64 bits per heavy atom. The van der Waals surface area contributed by atoms with E-state index in [2.05, 4.69) is 10.1 Å². The molecular formula is C19H18F3N3O3. The monoisotopic (exact) mass is 393 g/mol. The quantitative estimate of drug-likeness (QED) is 0.851. The van der Waals surface area contributed by atoms with Gasteiger partial charge in [0.15, 0.2) is 5.75 Å². The van der Waals surface area contributed by atoms with Gasteiger partial charge < -0.3 is 19.5 Å². The number of aromatic nitrogens is 1. The summed E-state index contributed by atoms with van der Waals surface area (Å²) in [6.07, 6.45) is -3.97. The molecule has 6 nitrogen and oxygen atoms in total. The largest absolute Gasteiger partial charge is 0.573 e. The highest BCUT2D eigenvalue weighted by molar-refractivity contribution is 5.91. The minimum absolute atomic E-state index is 0.0221. The number of nitrogens with one attached hydrogen (secondary N) is 1. The number of amides is 2. The highest BCUT2D eigenvalue weighted by atomic mass is 19.4. The van der Waals surface area contributed by atoms with Gasteiger partial charge in [-0.1, -0.05) is 18.2 Å². The Morgan fingerprint density at radius 1 is 1.07 bits per heavy atom. The van der Waals surface area contributed by atoms with Crippen molar-refractivity contribution in [1.82, 2.24) is 9.47 Å². The average molecular weight is 393 g/mol. The van der Waals surface area contributed by atoms with E-state index >= 15 is 0 Å². The van der Waals surface area contributed by atoms with Gasteiger partial charge in [-0.05, 0) is 30.5 Å². The van der Waals surface area contributed by atoms with Crippen LogP contribution in [0.3, 0.4) is 0 Å². The van der Waals surface area contributed by atoms with Crippen LogP contribution in [0.4, 0.5) is 23.7 Å². The molecule has 0 saturated carbocycles. The van der Waals surface area contributed by atoms with Crippen molar-refractivity contribution in [2.75, 3.05) is 18.4 Å². The van der Waals surface area contributed by atoms with Crippen molar-refractivity contribution in [1.29, 1.82) is 0 Å². The number of hydrogen-bond acceptors (Lipinski definition) is 3. The molecule has 2 bridgehead atoms. The zero-order valence-corrected chi connectivity index (χ0v) is 14.8. The molecule has 1 N–H and O–H groups in total. The number of halogens is 3. The Kier molecular flexibility index (Phi) is 4.52. The maximum Gasteiger partial charge on any atom is 0.573 e. The first-order valence-corrected chi connectivity index (χ1v) is 8.90. The molecule has 2 aromatic rings. The number of hydrogen-bond donors (Lipinski definition) is 1. The molecule has 9 heteroatoms. The lowest BCUT2D eigenvalue weighted by molar-refractivity contribution is -0.274. The molecular weight excluding hydrogens is 375 g/mol. The molecule has 1 aromatic carbocycles. The van der Waals surface area contributed by atoms with Crippen molar-refractivity contribution in [2.24, 2.45) is 5.92 Å². The number of para-hydroxylation sites is 2. The van der Waals surface area contributed by atoms with Crippen molar-refractivity contribution in [3.8, 4) is 5.75 Å². The number of benzene rings is 1. The summed E-state index contributed by atoms with van der Waals surface area (Å²) in [5.74, 6) is -0.315. The zero-order chi connectivity index (χ0) is 19.9. The SMILES string of the molecule is O=C(Nc1ccccc1OC(F)(F)F)N1CC2CC(C1)c1cccc(=O)n1C2. The molecule has 2 atom stereocenters. The van der Waals surface area contributed by atoms with Crippen LogP contribution in [0.5, 0.6) is 5.75 Å². The second kappa shape index (κ2) is 6.88. The molecule has 0 radical (unpaired) electrons. The van der Waals surface area contributed by atoms with Gasteiger partial charge >= 0.3 is 12.4 Å². The van der Waals surface area contributed by atoms with Crippen LogP contribution in [0.15, 0.2) is 47.3 Å². The predicted molar refractivity (Wildman–Crippen MR) is 95.3 cm³/mol. The van der Waals surface area contributed by atoms with Crippen molar-refractivity contribution >= 4 is 11.7 Å². The molecule has 28 heavy (non-hydrogen) atoms. The summed E-state index contributed by atoms with van der Waals surface area (Å²) in [6, 6.07) is 10.1. The third-order valence-corrected chi connectivity index (χ3v) is 5.12. The van der Waals surface area contributed by atoms with E-state index in [1.165, 1.54) is 24.3 Å². The maximum absolute atomic E-state index is 12.7. The fourth-order valence-corrected chi connectivity index (χ4v) is 4.04. The third-order valence-electron chi connectivity index (χ3n) is 5.12. The number of ether oxygens (including phenoxy) is 1. The smallest absolute Gasteiger partial charge is 0.404 e. The number of alkyl halides is 3. The summed E-state index contributed by atoms with van der Waals surface area (Å²) in [6.45, 7) is 1.36. The minimum atomic E-state index is -4.85. The Balaban J connectivity index is 1.51. The molecule has 0 aliphatic carbocycles. The number of urea groups is 1. The number of anilines is 1. The van der Waals surface area contributed by atoms with E-state index in [1.54, 1.807) is 15.5 Å². The molecule has 1 aromatic heterocycles. The number of piperidine rings is 1. The summed E-state index contributed by atoms with van der Waals surface area (Å²) in [5, 5.41) is 2.52. The van der Waals surface area contributed by atoms with Gasteiger partial charge in [0.05, 0.1) is 5.69 Å². The lowest BCUT2D eigenvalue weighted by atomic mass is 9.83. The van der Waals surface area contributed by atoms with E-state index in [0.29, 0.717) is 19.6 Å². The van der Waals surface area contributed by atoms with Crippen molar-refractivity contribution in [3.05, 3.63) is 58.5 Å². The summed E-state index contributed by atoms with van der Waals surface area (Å²) < 4.78 is 43.4. The van der Waals surface area contributed by atoms with Gasteiger partial charge in [-0.15, -0.1) is 13.2 Å². The minimum Gasteiger partial charge on any atom is -0.404 e. The predicted octanol–water partition coefficient (Wildman–Crippen LogP) is 3.40. The first-order chi connectivity index (χ1) is 13.3. The number of carbonyl (C=O) groups is 1. The van der Waals surface area contributed by atoms with Gasteiger partial charge in [-0.3, -0.25) is 4.79 Å². The number of pyridine rings is 1. The van der Waals surface area contributed by atoms with Crippen LogP contribution >= 0.6 is 0 Å². The van der Waals surface area contributed by atoms with E-state index in [4.69, 9.17) is 0 Å². The first kappa shape index (κ1) is 18.4. The van der Waals surface area contributed by atoms with Crippen molar-refractivity contribution < 1.29 is 22.7 Å². The summed E-state index contributed by atoms with van der Waals surface area (Å²) in [5.41, 5.74) is 0.794. The molecule has 4 rings (SSSR count). The number of fused-ring (bicyclic) bond motifs is 4. The van der Waals surface area contributed by atoms with Crippen molar-refractivity contribution in [2.45, 2.75) is 25.2 Å². The van der Waals surface area contributed by atoms with Crippen LogP contribution in [0, 0.1) is 5.92 Å². The van der Waals surface area contributed by atoms with Crippen LogP contribution in [0.1, 0.15) is 18.0 Å². The fourth-order valence-electron chi connectivity index (χ4n) is 4.04. The Hall–Kier alpha value is -2.97. The molecule has 1 saturated heterocycles. The Bertz CT molecular complexity index is 957. The Labute approximate surface area is 158 Å². The summed E-state index contributed by atoms with van der Waals surface area (Å²) in [7, 11) is 0. The molecule has 1 fully saturated rings. The lowest BCUT2D eigenvalue weighted by Gasteiger charge is -2.42. The second-order valence-corrected chi connectivity index (χ2v) is 7.08. The molecule has 2 aliphatic rings. The van der Waals surface area contributed by atoms with E-state index in [0.717, 1.165) is 18.2 Å². The van der Waals surface area contributed by atoms with Gasteiger partial charge in [-0.25, -0.2) is 4.79 Å². The van der Waals surface area contributed by atoms with Gasteiger partial charge in [0.2, 0.25) is 0 Å². The second-order valence-electron chi connectivity index (χ2n) is 7.08. The van der Waals surface area contributed by atoms with Crippen LogP contribution < -0.4 is 15.6 Å². The van der Waals surface area contributed by atoms with Crippen LogP contribution in [0.2, 0.25) is 0 Å².